The Kier molecular flexibility index (Phi) is 7.98. The second-order valence-electron chi connectivity index (χ2n) is 8.91. The van der Waals surface area contributed by atoms with Crippen molar-refractivity contribution in [3.05, 3.63) is 60.2 Å². The largest absolute Gasteiger partial charge is 0.350 e. The van der Waals surface area contributed by atoms with Crippen LogP contribution in [0.2, 0.25) is 0 Å². The van der Waals surface area contributed by atoms with Gasteiger partial charge in [-0.2, -0.15) is 0 Å². The standard InChI is InChI=1S/C25H33N5O2/c1-18(2)15-29(16-19(3)4)24(31)17-30-22-11-6-5-9-20(22)28-23(30)12-14-27-25(32)21-10-7-8-13-26-21/h5-11,13,18-19H,12,14-17H2,1-4H3,(H,27,32). The lowest BCUT2D eigenvalue weighted by Gasteiger charge is -2.27. The van der Waals surface area contributed by atoms with E-state index in [4.69, 9.17) is 4.98 Å². The van der Waals surface area contributed by atoms with Crippen LogP contribution in [0.1, 0.15) is 44.0 Å². The van der Waals surface area contributed by atoms with Crippen molar-refractivity contribution in [1.82, 2.24) is 24.8 Å². The highest BCUT2D eigenvalue weighted by Crippen LogP contribution is 2.17. The lowest BCUT2D eigenvalue weighted by Crippen LogP contribution is -2.39. The molecule has 2 aromatic heterocycles. The van der Waals surface area contributed by atoms with Crippen LogP contribution in [0, 0.1) is 11.8 Å². The Morgan fingerprint density at radius 1 is 1.00 bits per heavy atom. The fourth-order valence-corrected chi connectivity index (χ4v) is 3.76. The summed E-state index contributed by atoms with van der Waals surface area (Å²) in [5, 5.41) is 2.90. The van der Waals surface area contributed by atoms with E-state index in [-0.39, 0.29) is 18.4 Å². The third kappa shape index (κ3) is 6.15. The molecule has 1 N–H and O–H groups in total. The van der Waals surface area contributed by atoms with Gasteiger partial charge in [-0.25, -0.2) is 4.98 Å². The molecule has 2 heterocycles. The zero-order valence-corrected chi connectivity index (χ0v) is 19.4. The number of carbonyl (C=O) groups excluding carboxylic acids is 2. The maximum atomic E-state index is 13.2. The normalized spacial score (nSPS) is 11.3. The van der Waals surface area contributed by atoms with Crippen molar-refractivity contribution in [1.29, 1.82) is 0 Å². The van der Waals surface area contributed by atoms with Crippen LogP contribution in [0.15, 0.2) is 48.7 Å². The molecular formula is C25H33N5O2. The summed E-state index contributed by atoms with van der Waals surface area (Å²) in [4.78, 5) is 36.3. The topological polar surface area (TPSA) is 80.1 Å². The summed E-state index contributed by atoms with van der Waals surface area (Å²) in [5.41, 5.74) is 2.17. The van der Waals surface area contributed by atoms with Crippen molar-refractivity contribution in [3.63, 3.8) is 0 Å². The van der Waals surface area contributed by atoms with Crippen molar-refractivity contribution in [2.24, 2.45) is 11.8 Å². The van der Waals surface area contributed by atoms with Gasteiger partial charge in [0.15, 0.2) is 0 Å². The van der Waals surface area contributed by atoms with Crippen LogP contribution in [-0.2, 0) is 17.8 Å². The third-order valence-electron chi connectivity index (χ3n) is 5.08. The Morgan fingerprint density at radius 3 is 2.34 bits per heavy atom. The highest BCUT2D eigenvalue weighted by atomic mass is 16.2. The lowest BCUT2D eigenvalue weighted by atomic mass is 10.1. The molecule has 0 aliphatic carbocycles. The third-order valence-corrected chi connectivity index (χ3v) is 5.08. The van der Waals surface area contributed by atoms with E-state index in [9.17, 15) is 9.59 Å². The van der Waals surface area contributed by atoms with Gasteiger partial charge in [0.2, 0.25) is 5.91 Å². The SMILES string of the molecule is CC(C)CN(CC(C)C)C(=O)Cn1c(CCNC(=O)c2ccccn2)nc2ccccc21. The smallest absolute Gasteiger partial charge is 0.269 e. The first-order chi connectivity index (χ1) is 15.3. The Morgan fingerprint density at radius 2 is 1.69 bits per heavy atom. The molecule has 0 atom stereocenters. The van der Waals surface area contributed by atoms with Crippen molar-refractivity contribution < 1.29 is 9.59 Å². The maximum Gasteiger partial charge on any atom is 0.269 e. The van der Waals surface area contributed by atoms with Gasteiger partial charge in [0.1, 0.15) is 18.1 Å². The first kappa shape index (κ1) is 23.4. The molecule has 32 heavy (non-hydrogen) atoms. The molecule has 3 aromatic rings. The number of nitrogens with zero attached hydrogens (tertiary/aromatic N) is 4. The number of rotatable bonds is 10. The number of benzene rings is 1. The average Bonchev–Trinajstić information content (AvgIpc) is 3.10. The number of aromatic nitrogens is 3. The van der Waals surface area contributed by atoms with Crippen LogP contribution in [-0.4, -0.2) is 50.9 Å². The summed E-state index contributed by atoms with van der Waals surface area (Å²) in [7, 11) is 0. The number of nitrogens with one attached hydrogen (secondary N) is 1. The molecule has 0 radical (unpaired) electrons. The first-order valence-electron chi connectivity index (χ1n) is 11.3. The van der Waals surface area contributed by atoms with Gasteiger partial charge >= 0.3 is 0 Å². The molecular weight excluding hydrogens is 402 g/mol. The molecule has 0 aliphatic rings. The summed E-state index contributed by atoms with van der Waals surface area (Å²) in [5.74, 6) is 1.46. The number of carbonyl (C=O) groups is 2. The quantitative estimate of drug-likeness (QED) is 0.528. The van der Waals surface area contributed by atoms with Crippen molar-refractivity contribution in [3.8, 4) is 0 Å². The Hall–Kier alpha value is -3.22. The van der Waals surface area contributed by atoms with Gasteiger partial charge in [-0.15, -0.1) is 0 Å². The molecule has 1 aromatic carbocycles. The predicted octanol–water partition coefficient (Wildman–Crippen LogP) is 3.54. The number of para-hydroxylation sites is 2. The number of imidazole rings is 1. The molecule has 0 fully saturated rings. The van der Waals surface area contributed by atoms with Crippen LogP contribution >= 0.6 is 0 Å². The zero-order valence-electron chi connectivity index (χ0n) is 19.4. The van der Waals surface area contributed by atoms with E-state index in [0.717, 1.165) is 29.9 Å². The fourth-order valence-electron chi connectivity index (χ4n) is 3.76. The van der Waals surface area contributed by atoms with Gasteiger partial charge in [0.05, 0.1) is 11.0 Å². The summed E-state index contributed by atoms with van der Waals surface area (Å²) in [6, 6.07) is 13.1. The van der Waals surface area contributed by atoms with E-state index >= 15 is 0 Å². The average molecular weight is 436 g/mol. The fraction of sp³-hybridized carbons (Fsp3) is 0.440. The maximum absolute atomic E-state index is 13.2. The van der Waals surface area contributed by atoms with Gasteiger partial charge in [-0.1, -0.05) is 45.9 Å². The van der Waals surface area contributed by atoms with Gasteiger partial charge in [-0.05, 0) is 36.1 Å². The highest BCUT2D eigenvalue weighted by Gasteiger charge is 2.20. The van der Waals surface area contributed by atoms with Crippen molar-refractivity contribution in [2.45, 2.75) is 40.7 Å². The Balaban J connectivity index is 1.76. The Bertz CT molecular complexity index is 1030. The summed E-state index contributed by atoms with van der Waals surface area (Å²) < 4.78 is 1.98. The molecule has 0 saturated carbocycles. The van der Waals surface area contributed by atoms with Crippen LogP contribution in [0.4, 0.5) is 0 Å². The number of fused-ring (bicyclic) bond motifs is 1. The van der Waals surface area contributed by atoms with Gasteiger partial charge in [0, 0.05) is 32.3 Å². The number of hydrogen-bond acceptors (Lipinski definition) is 4. The molecule has 0 bridgehead atoms. The first-order valence-corrected chi connectivity index (χ1v) is 11.3. The number of hydrogen-bond donors (Lipinski definition) is 1. The lowest BCUT2D eigenvalue weighted by molar-refractivity contribution is -0.132. The van der Waals surface area contributed by atoms with Crippen LogP contribution < -0.4 is 5.32 Å². The molecule has 2 amide bonds. The van der Waals surface area contributed by atoms with Crippen molar-refractivity contribution >= 4 is 22.8 Å². The molecule has 0 saturated heterocycles. The van der Waals surface area contributed by atoms with Crippen molar-refractivity contribution in [2.75, 3.05) is 19.6 Å². The number of pyridine rings is 1. The predicted molar refractivity (Wildman–Crippen MR) is 126 cm³/mol. The minimum absolute atomic E-state index is 0.0920. The number of amides is 2. The van der Waals surface area contributed by atoms with E-state index in [1.165, 1.54) is 0 Å². The van der Waals surface area contributed by atoms with E-state index in [1.807, 2.05) is 33.7 Å². The van der Waals surface area contributed by atoms with Crippen LogP contribution in [0.5, 0.6) is 0 Å². The molecule has 0 aliphatic heterocycles. The second kappa shape index (κ2) is 10.9. The van der Waals surface area contributed by atoms with E-state index in [2.05, 4.69) is 38.0 Å². The summed E-state index contributed by atoms with van der Waals surface area (Å²) in [6.07, 6.45) is 2.12. The highest BCUT2D eigenvalue weighted by molar-refractivity contribution is 5.92. The molecule has 7 heteroatoms. The van der Waals surface area contributed by atoms with E-state index in [0.29, 0.717) is 30.5 Å². The Labute approximate surface area is 189 Å². The summed E-state index contributed by atoms with van der Waals surface area (Å²) >= 11 is 0. The molecule has 0 spiro atoms. The zero-order chi connectivity index (χ0) is 23.1. The molecule has 3 rings (SSSR count). The van der Waals surface area contributed by atoms with Gasteiger partial charge < -0.3 is 14.8 Å². The van der Waals surface area contributed by atoms with Gasteiger partial charge in [-0.3, -0.25) is 14.6 Å². The molecule has 170 valence electrons. The van der Waals surface area contributed by atoms with Gasteiger partial charge in [0.25, 0.3) is 5.91 Å². The summed E-state index contributed by atoms with van der Waals surface area (Å²) in [6.45, 7) is 10.6. The monoisotopic (exact) mass is 435 g/mol. The molecule has 0 unspecified atom stereocenters. The van der Waals surface area contributed by atoms with E-state index < -0.39 is 0 Å². The van der Waals surface area contributed by atoms with E-state index in [1.54, 1.807) is 24.4 Å². The molecule has 7 nitrogen and oxygen atoms in total. The van der Waals surface area contributed by atoms with Crippen LogP contribution in [0.25, 0.3) is 11.0 Å². The minimum atomic E-state index is -0.218. The van der Waals surface area contributed by atoms with Crippen LogP contribution in [0.3, 0.4) is 0 Å². The minimum Gasteiger partial charge on any atom is -0.350 e. The second-order valence-corrected chi connectivity index (χ2v) is 8.91.